The first kappa shape index (κ1) is 13.3. The van der Waals surface area contributed by atoms with Gasteiger partial charge in [0, 0.05) is 18.0 Å². The molecule has 0 fully saturated rings. The largest absolute Gasteiger partial charge is 0.487 e. The number of anilines is 1. The van der Waals surface area contributed by atoms with E-state index >= 15 is 0 Å². The Balaban J connectivity index is 2.04. The second-order valence-electron chi connectivity index (χ2n) is 4.33. The van der Waals surface area contributed by atoms with Crippen molar-refractivity contribution < 1.29 is 9.13 Å². The smallest absolute Gasteiger partial charge is 0.148 e. The zero-order valence-electron chi connectivity index (χ0n) is 10.9. The van der Waals surface area contributed by atoms with Gasteiger partial charge in [-0.15, -0.1) is 0 Å². The van der Waals surface area contributed by atoms with Crippen LogP contribution in [-0.4, -0.2) is 4.98 Å². The molecule has 1 aromatic carbocycles. The molecule has 0 saturated carbocycles. The van der Waals surface area contributed by atoms with E-state index in [4.69, 9.17) is 10.5 Å². The fraction of sp³-hybridized carbons (Fsp3) is 0.267. The van der Waals surface area contributed by atoms with Gasteiger partial charge >= 0.3 is 0 Å². The van der Waals surface area contributed by atoms with Crippen LogP contribution in [0.1, 0.15) is 24.6 Å². The zero-order valence-corrected chi connectivity index (χ0v) is 10.9. The first-order chi connectivity index (χ1) is 9.20. The van der Waals surface area contributed by atoms with Crippen molar-refractivity contribution in [3.8, 4) is 5.75 Å². The molecule has 0 atom stereocenters. The Kier molecular flexibility index (Phi) is 4.34. The molecule has 3 nitrogen and oxygen atoms in total. The second-order valence-corrected chi connectivity index (χ2v) is 4.33. The van der Waals surface area contributed by atoms with E-state index in [2.05, 4.69) is 11.9 Å². The summed E-state index contributed by atoms with van der Waals surface area (Å²) in [4.78, 5) is 3.93. The number of aryl methyl sites for hydroxylation is 1. The van der Waals surface area contributed by atoms with E-state index in [9.17, 15) is 4.39 Å². The summed E-state index contributed by atoms with van der Waals surface area (Å²) >= 11 is 0. The fourth-order valence-electron chi connectivity index (χ4n) is 1.84. The van der Waals surface area contributed by atoms with Crippen LogP contribution in [0, 0.1) is 5.82 Å². The van der Waals surface area contributed by atoms with Crippen LogP contribution in [0.25, 0.3) is 0 Å². The Labute approximate surface area is 112 Å². The van der Waals surface area contributed by atoms with Gasteiger partial charge in [0.05, 0.1) is 0 Å². The standard InChI is InChI=1S/C15H17FN2O/c1-2-4-11-6-7-12(9-14(11)17)19-10-15-13(16)5-3-8-18-15/h3,5-9H,2,4,10,17H2,1H3. The number of hydrogen-bond donors (Lipinski definition) is 1. The lowest BCUT2D eigenvalue weighted by molar-refractivity contribution is 0.294. The molecule has 0 aliphatic rings. The number of aromatic nitrogens is 1. The van der Waals surface area contributed by atoms with Crippen LogP contribution in [-0.2, 0) is 13.0 Å². The summed E-state index contributed by atoms with van der Waals surface area (Å²) in [5, 5.41) is 0. The maximum atomic E-state index is 13.4. The Morgan fingerprint density at radius 2 is 2.16 bits per heavy atom. The van der Waals surface area contributed by atoms with E-state index in [1.807, 2.05) is 12.1 Å². The third-order valence-corrected chi connectivity index (χ3v) is 2.85. The van der Waals surface area contributed by atoms with Crippen LogP contribution in [0.2, 0.25) is 0 Å². The van der Waals surface area contributed by atoms with Crippen molar-refractivity contribution in [3.05, 3.63) is 53.6 Å². The summed E-state index contributed by atoms with van der Waals surface area (Å²) in [7, 11) is 0. The minimum absolute atomic E-state index is 0.0965. The summed E-state index contributed by atoms with van der Waals surface area (Å²) < 4.78 is 18.9. The molecule has 1 aromatic heterocycles. The number of nitrogens with zero attached hydrogens (tertiary/aromatic N) is 1. The molecule has 100 valence electrons. The maximum Gasteiger partial charge on any atom is 0.148 e. The van der Waals surface area contributed by atoms with Crippen LogP contribution < -0.4 is 10.5 Å². The van der Waals surface area contributed by atoms with E-state index < -0.39 is 0 Å². The van der Waals surface area contributed by atoms with Crippen LogP contribution in [0.4, 0.5) is 10.1 Å². The van der Waals surface area contributed by atoms with Crippen molar-refractivity contribution >= 4 is 5.69 Å². The van der Waals surface area contributed by atoms with Crippen LogP contribution in [0.15, 0.2) is 36.5 Å². The van der Waals surface area contributed by atoms with Crippen molar-refractivity contribution in [1.29, 1.82) is 0 Å². The molecular weight excluding hydrogens is 243 g/mol. The van der Waals surface area contributed by atoms with Gasteiger partial charge in [0.25, 0.3) is 0 Å². The fourth-order valence-corrected chi connectivity index (χ4v) is 1.84. The lowest BCUT2D eigenvalue weighted by Gasteiger charge is -2.09. The molecule has 0 spiro atoms. The summed E-state index contributed by atoms with van der Waals surface area (Å²) in [6.07, 6.45) is 3.53. The topological polar surface area (TPSA) is 48.1 Å². The molecule has 19 heavy (non-hydrogen) atoms. The van der Waals surface area contributed by atoms with Gasteiger partial charge in [-0.2, -0.15) is 0 Å². The minimum Gasteiger partial charge on any atom is -0.487 e. The number of hydrogen-bond acceptors (Lipinski definition) is 3. The monoisotopic (exact) mass is 260 g/mol. The molecule has 0 unspecified atom stereocenters. The third-order valence-electron chi connectivity index (χ3n) is 2.85. The zero-order chi connectivity index (χ0) is 13.7. The molecular formula is C15H17FN2O. The first-order valence-corrected chi connectivity index (χ1v) is 6.31. The predicted molar refractivity (Wildman–Crippen MR) is 73.4 cm³/mol. The average molecular weight is 260 g/mol. The van der Waals surface area contributed by atoms with Crippen LogP contribution in [0.5, 0.6) is 5.75 Å². The molecule has 2 aromatic rings. The highest BCUT2D eigenvalue weighted by Crippen LogP contribution is 2.22. The number of ether oxygens (including phenoxy) is 1. The van der Waals surface area contributed by atoms with E-state index in [0.717, 1.165) is 18.4 Å². The van der Waals surface area contributed by atoms with Gasteiger partial charge in [-0.1, -0.05) is 19.4 Å². The van der Waals surface area contributed by atoms with Crippen molar-refractivity contribution in [1.82, 2.24) is 4.98 Å². The molecule has 0 aliphatic carbocycles. The lowest BCUT2D eigenvalue weighted by Crippen LogP contribution is -2.02. The average Bonchev–Trinajstić information content (AvgIpc) is 2.41. The van der Waals surface area contributed by atoms with Crippen molar-refractivity contribution in [3.63, 3.8) is 0 Å². The molecule has 4 heteroatoms. The first-order valence-electron chi connectivity index (χ1n) is 6.31. The van der Waals surface area contributed by atoms with Gasteiger partial charge in [-0.05, 0) is 30.2 Å². The highest BCUT2D eigenvalue weighted by molar-refractivity contribution is 5.51. The summed E-state index contributed by atoms with van der Waals surface area (Å²) in [5.41, 5.74) is 8.05. The molecule has 2 N–H and O–H groups in total. The molecule has 0 amide bonds. The van der Waals surface area contributed by atoms with Crippen molar-refractivity contribution in [2.24, 2.45) is 0 Å². The number of halogens is 1. The Hall–Kier alpha value is -2.10. The highest BCUT2D eigenvalue weighted by atomic mass is 19.1. The quantitative estimate of drug-likeness (QED) is 0.839. The Bertz CT molecular complexity index is 558. The molecule has 1 heterocycles. The third kappa shape index (κ3) is 3.44. The Morgan fingerprint density at radius 1 is 1.32 bits per heavy atom. The van der Waals surface area contributed by atoms with Gasteiger partial charge in [0.15, 0.2) is 0 Å². The van der Waals surface area contributed by atoms with Crippen LogP contribution >= 0.6 is 0 Å². The van der Waals surface area contributed by atoms with Crippen molar-refractivity contribution in [2.75, 3.05) is 5.73 Å². The van der Waals surface area contributed by atoms with Crippen molar-refractivity contribution in [2.45, 2.75) is 26.4 Å². The SMILES string of the molecule is CCCc1ccc(OCc2ncccc2F)cc1N. The van der Waals surface area contributed by atoms with Gasteiger partial charge in [0.1, 0.15) is 23.9 Å². The van der Waals surface area contributed by atoms with Gasteiger partial charge in [0.2, 0.25) is 0 Å². The van der Waals surface area contributed by atoms with Gasteiger partial charge in [-0.25, -0.2) is 4.39 Å². The summed E-state index contributed by atoms with van der Waals surface area (Å²) in [5.74, 6) is 0.264. The molecule has 0 radical (unpaired) electrons. The molecule has 0 aliphatic heterocycles. The number of benzene rings is 1. The highest BCUT2D eigenvalue weighted by Gasteiger charge is 2.05. The minimum atomic E-state index is -0.363. The molecule has 2 rings (SSSR count). The van der Waals surface area contributed by atoms with E-state index in [-0.39, 0.29) is 12.4 Å². The normalized spacial score (nSPS) is 10.4. The Morgan fingerprint density at radius 3 is 2.84 bits per heavy atom. The number of nitrogens with two attached hydrogens (primary N) is 1. The molecule has 0 saturated heterocycles. The molecule has 0 bridgehead atoms. The summed E-state index contributed by atoms with van der Waals surface area (Å²) in [6, 6.07) is 8.48. The van der Waals surface area contributed by atoms with Crippen LogP contribution in [0.3, 0.4) is 0 Å². The second kappa shape index (κ2) is 6.18. The van der Waals surface area contributed by atoms with E-state index in [1.54, 1.807) is 18.3 Å². The number of pyridine rings is 1. The van der Waals surface area contributed by atoms with E-state index in [0.29, 0.717) is 17.1 Å². The van der Waals surface area contributed by atoms with E-state index in [1.165, 1.54) is 6.07 Å². The lowest BCUT2D eigenvalue weighted by atomic mass is 10.1. The number of nitrogen functional groups attached to an aromatic ring is 1. The van der Waals surface area contributed by atoms with Gasteiger partial charge < -0.3 is 10.5 Å². The summed E-state index contributed by atoms with van der Waals surface area (Å²) in [6.45, 7) is 2.20. The predicted octanol–water partition coefficient (Wildman–Crippen LogP) is 3.33. The van der Waals surface area contributed by atoms with Gasteiger partial charge in [-0.3, -0.25) is 4.98 Å². The maximum absolute atomic E-state index is 13.4. The number of rotatable bonds is 5.